The number of H-pyrrole nitrogens is 1. The number of ether oxygens (including phenoxy) is 1. The van der Waals surface area contributed by atoms with Crippen molar-refractivity contribution >= 4 is 5.69 Å². The van der Waals surface area contributed by atoms with Crippen LogP contribution in [-0.4, -0.2) is 28.5 Å². The molecule has 0 fully saturated rings. The summed E-state index contributed by atoms with van der Waals surface area (Å²) in [5, 5.41) is 0. The molecule has 8 heteroatoms. The molecule has 1 aliphatic heterocycles. The van der Waals surface area contributed by atoms with Crippen LogP contribution < -0.4 is 16.0 Å². The smallest absolute Gasteiger partial charge is 0.255 e. The Morgan fingerprint density at radius 1 is 1.21 bits per heavy atom. The van der Waals surface area contributed by atoms with Crippen molar-refractivity contribution < 1.29 is 13.5 Å². The number of methoxy groups -OCH3 is 1. The number of halogens is 2. The minimum Gasteiger partial charge on any atom is -0.497 e. The zero-order valence-electron chi connectivity index (χ0n) is 15.8. The number of nitrogen functional groups attached to an aromatic ring is 1. The van der Waals surface area contributed by atoms with Gasteiger partial charge in [0, 0.05) is 55.0 Å². The number of anilines is 1. The molecule has 3 aromatic rings. The molecular formula is C21H20F2N4O2. The van der Waals surface area contributed by atoms with E-state index in [1.807, 2.05) is 4.90 Å². The Kier molecular flexibility index (Phi) is 5.02. The van der Waals surface area contributed by atoms with Gasteiger partial charge in [-0.15, -0.1) is 0 Å². The first-order valence-corrected chi connectivity index (χ1v) is 9.17. The lowest BCUT2D eigenvalue weighted by Gasteiger charge is -2.28. The number of hydrogen-bond acceptors (Lipinski definition) is 5. The molecule has 6 nitrogen and oxygen atoms in total. The summed E-state index contributed by atoms with van der Waals surface area (Å²) in [6.07, 6.45) is 0.515. The molecule has 0 unspecified atom stereocenters. The molecule has 0 saturated heterocycles. The van der Waals surface area contributed by atoms with Crippen LogP contribution in [0.5, 0.6) is 5.75 Å². The van der Waals surface area contributed by atoms with Crippen LogP contribution in [-0.2, 0) is 19.5 Å². The van der Waals surface area contributed by atoms with E-state index in [2.05, 4.69) is 9.97 Å². The number of benzene rings is 2. The summed E-state index contributed by atoms with van der Waals surface area (Å²) in [6, 6.07) is 9.39. The topological polar surface area (TPSA) is 84.2 Å². The number of hydrogen-bond donors (Lipinski definition) is 2. The molecule has 0 bridgehead atoms. The van der Waals surface area contributed by atoms with E-state index in [0.717, 1.165) is 17.7 Å². The van der Waals surface area contributed by atoms with Gasteiger partial charge >= 0.3 is 0 Å². The average molecular weight is 398 g/mol. The third-order valence-corrected chi connectivity index (χ3v) is 5.06. The van der Waals surface area contributed by atoms with Crippen molar-refractivity contribution in [1.29, 1.82) is 0 Å². The number of aromatic amines is 1. The van der Waals surface area contributed by atoms with Crippen molar-refractivity contribution in [3.8, 4) is 17.1 Å². The lowest BCUT2D eigenvalue weighted by atomic mass is 10.0. The maximum Gasteiger partial charge on any atom is 0.255 e. The highest BCUT2D eigenvalue weighted by atomic mass is 19.1. The first kappa shape index (κ1) is 19.1. The van der Waals surface area contributed by atoms with E-state index in [0.29, 0.717) is 35.7 Å². The van der Waals surface area contributed by atoms with Crippen molar-refractivity contribution in [2.45, 2.75) is 19.5 Å². The summed E-state index contributed by atoms with van der Waals surface area (Å²) in [5.41, 5.74) is 8.03. The molecule has 0 atom stereocenters. The third-order valence-electron chi connectivity index (χ3n) is 5.06. The average Bonchev–Trinajstić information content (AvgIpc) is 2.71. The summed E-state index contributed by atoms with van der Waals surface area (Å²) < 4.78 is 33.4. The standard InChI is InChI=1S/C21H20F2N4O2/c1-29-14-8-17(22)15(18(23)9-14)10-27-7-6-19-16(11-27)21(28)26-20(25-19)12-2-4-13(24)5-3-12/h2-5,8-9H,6-7,10-11,24H2,1H3,(H,25,26,28). The Balaban J connectivity index is 1.58. The summed E-state index contributed by atoms with van der Waals surface area (Å²) >= 11 is 0. The predicted octanol–water partition coefficient (Wildman–Crippen LogP) is 2.86. The van der Waals surface area contributed by atoms with Crippen molar-refractivity contribution in [3.05, 3.63) is 75.2 Å². The molecule has 0 radical (unpaired) electrons. The molecule has 0 saturated carbocycles. The quantitative estimate of drug-likeness (QED) is 0.661. The lowest BCUT2D eigenvalue weighted by Crippen LogP contribution is -2.35. The Hall–Kier alpha value is -3.26. The fraction of sp³-hybridized carbons (Fsp3) is 0.238. The first-order valence-electron chi connectivity index (χ1n) is 9.17. The van der Waals surface area contributed by atoms with Gasteiger partial charge in [0.25, 0.3) is 5.56 Å². The fourth-order valence-electron chi connectivity index (χ4n) is 3.47. The largest absolute Gasteiger partial charge is 0.497 e. The van der Waals surface area contributed by atoms with Gasteiger partial charge in [-0.3, -0.25) is 9.69 Å². The molecular weight excluding hydrogens is 378 g/mol. The summed E-state index contributed by atoms with van der Waals surface area (Å²) in [7, 11) is 1.35. The lowest BCUT2D eigenvalue weighted by molar-refractivity contribution is 0.234. The highest BCUT2D eigenvalue weighted by Crippen LogP contribution is 2.25. The highest BCUT2D eigenvalue weighted by molar-refractivity contribution is 5.58. The third kappa shape index (κ3) is 3.84. The van der Waals surface area contributed by atoms with Gasteiger partial charge in [-0.25, -0.2) is 13.8 Å². The molecule has 1 aromatic heterocycles. The van der Waals surface area contributed by atoms with Gasteiger partial charge in [0.1, 0.15) is 23.2 Å². The Bertz CT molecular complexity index is 1090. The van der Waals surface area contributed by atoms with Crippen LogP contribution in [0.15, 0.2) is 41.2 Å². The molecule has 0 amide bonds. The molecule has 29 heavy (non-hydrogen) atoms. The van der Waals surface area contributed by atoms with Crippen molar-refractivity contribution in [2.75, 3.05) is 19.4 Å². The van der Waals surface area contributed by atoms with Gasteiger partial charge < -0.3 is 15.5 Å². The van der Waals surface area contributed by atoms with E-state index in [1.54, 1.807) is 24.3 Å². The van der Waals surface area contributed by atoms with Gasteiger partial charge in [0.05, 0.1) is 18.4 Å². The second-order valence-electron chi connectivity index (χ2n) is 6.99. The van der Waals surface area contributed by atoms with Crippen molar-refractivity contribution in [3.63, 3.8) is 0 Å². The minimum absolute atomic E-state index is 0.0443. The zero-order chi connectivity index (χ0) is 20.5. The molecule has 2 aromatic carbocycles. The zero-order valence-corrected chi connectivity index (χ0v) is 15.8. The van der Waals surface area contributed by atoms with Crippen LogP contribution >= 0.6 is 0 Å². The van der Waals surface area contributed by atoms with Crippen molar-refractivity contribution in [1.82, 2.24) is 14.9 Å². The van der Waals surface area contributed by atoms with E-state index in [4.69, 9.17) is 10.5 Å². The number of rotatable bonds is 4. The SMILES string of the molecule is COc1cc(F)c(CN2CCc3nc(-c4ccc(N)cc4)[nH]c(=O)c3C2)c(F)c1. The normalized spacial score (nSPS) is 13.9. The molecule has 1 aliphatic rings. The van der Waals surface area contributed by atoms with Gasteiger partial charge in [0.15, 0.2) is 0 Å². The van der Waals surface area contributed by atoms with Gasteiger partial charge in [-0.2, -0.15) is 0 Å². The second kappa shape index (κ2) is 7.63. The Labute approximate surface area is 166 Å². The van der Waals surface area contributed by atoms with Gasteiger partial charge in [-0.1, -0.05) is 0 Å². The molecule has 150 valence electrons. The number of nitrogens with one attached hydrogen (secondary N) is 1. The second-order valence-corrected chi connectivity index (χ2v) is 6.99. The number of aromatic nitrogens is 2. The summed E-state index contributed by atoms with van der Waals surface area (Å²) in [6.45, 7) is 0.861. The van der Waals surface area contributed by atoms with Crippen LogP contribution in [0.3, 0.4) is 0 Å². The summed E-state index contributed by atoms with van der Waals surface area (Å²) in [4.78, 5) is 21.8. The molecule has 0 aliphatic carbocycles. The minimum atomic E-state index is -0.668. The highest BCUT2D eigenvalue weighted by Gasteiger charge is 2.24. The molecule has 4 rings (SSSR count). The molecule has 3 N–H and O–H groups in total. The molecule has 0 spiro atoms. The predicted molar refractivity (Wildman–Crippen MR) is 105 cm³/mol. The first-order chi connectivity index (χ1) is 13.9. The Morgan fingerprint density at radius 3 is 2.55 bits per heavy atom. The maximum atomic E-state index is 14.3. The van der Waals surface area contributed by atoms with E-state index < -0.39 is 11.6 Å². The molecule has 2 heterocycles. The number of fused-ring (bicyclic) bond motifs is 1. The van der Waals surface area contributed by atoms with Crippen LogP contribution in [0.4, 0.5) is 14.5 Å². The van der Waals surface area contributed by atoms with Gasteiger partial charge in [-0.05, 0) is 24.3 Å². The van der Waals surface area contributed by atoms with Crippen LogP contribution in [0.2, 0.25) is 0 Å². The van der Waals surface area contributed by atoms with Crippen LogP contribution in [0, 0.1) is 11.6 Å². The van der Waals surface area contributed by atoms with E-state index in [9.17, 15) is 13.6 Å². The van der Waals surface area contributed by atoms with Crippen LogP contribution in [0.25, 0.3) is 11.4 Å². The van der Waals surface area contributed by atoms with Crippen molar-refractivity contribution in [2.24, 2.45) is 0 Å². The van der Waals surface area contributed by atoms with E-state index in [-0.39, 0.29) is 30.0 Å². The van der Waals surface area contributed by atoms with E-state index in [1.165, 1.54) is 7.11 Å². The van der Waals surface area contributed by atoms with Gasteiger partial charge in [0.2, 0.25) is 0 Å². The monoisotopic (exact) mass is 398 g/mol. The number of nitrogens with two attached hydrogens (primary N) is 1. The van der Waals surface area contributed by atoms with Crippen LogP contribution in [0.1, 0.15) is 16.8 Å². The number of nitrogens with zero attached hydrogens (tertiary/aromatic N) is 2. The summed E-state index contributed by atoms with van der Waals surface area (Å²) in [5.74, 6) is -0.727. The Morgan fingerprint density at radius 2 is 1.90 bits per heavy atom. The van der Waals surface area contributed by atoms with E-state index >= 15 is 0 Å². The maximum absolute atomic E-state index is 14.3. The fourth-order valence-corrected chi connectivity index (χ4v) is 3.47.